The van der Waals surface area contributed by atoms with Crippen molar-refractivity contribution in [1.29, 1.82) is 0 Å². The molecule has 0 aromatic carbocycles. The molecule has 16 heavy (non-hydrogen) atoms. The zero-order valence-corrected chi connectivity index (χ0v) is 8.71. The van der Waals surface area contributed by atoms with E-state index in [0.29, 0.717) is 18.8 Å². The summed E-state index contributed by atoms with van der Waals surface area (Å²) in [5.41, 5.74) is -0.432. The fourth-order valence-electron chi connectivity index (χ4n) is 1.68. The smallest absolute Gasteiger partial charge is 0.369 e. The zero-order chi connectivity index (χ0) is 11.8. The summed E-state index contributed by atoms with van der Waals surface area (Å²) in [6, 6.07) is 1.04. The molecule has 0 aliphatic carbocycles. The van der Waals surface area contributed by atoms with Gasteiger partial charge in [0.15, 0.2) is 5.69 Å². The molecule has 2 rings (SSSR count). The van der Waals surface area contributed by atoms with E-state index in [1.54, 1.807) is 0 Å². The lowest BCUT2D eigenvalue weighted by Crippen LogP contribution is -2.34. The average molecular weight is 235 g/mol. The summed E-state index contributed by atoms with van der Waals surface area (Å²) in [6.45, 7) is 1.73. The van der Waals surface area contributed by atoms with Crippen LogP contribution < -0.4 is 5.32 Å². The van der Waals surface area contributed by atoms with E-state index < -0.39 is 11.9 Å². The van der Waals surface area contributed by atoms with Crippen LogP contribution in [-0.2, 0) is 18.0 Å². The Morgan fingerprint density at radius 3 is 2.81 bits per heavy atom. The summed E-state index contributed by atoms with van der Waals surface area (Å²) >= 11 is 0. The summed E-state index contributed by atoms with van der Waals surface area (Å²) in [5, 5.41) is 6.50. The van der Waals surface area contributed by atoms with Crippen LogP contribution in [0, 0.1) is 0 Å². The molecule has 0 radical (unpaired) electrons. The van der Waals surface area contributed by atoms with E-state index in [2.05, 4.69) is 10.4 Å². The first kappa shape index (κ1) is 11.4. The second-order valence-corrected chi connectivity index (χ2v) is 3.64. The number of hydrogen-bond donors (Lipinski definition) is 1. The molecular weight excluding hydrogens is 223 g/mol. The Balaban J connectivity index is 2.24. The maximum absolute atomic E-state index is 12.4. The standard InChI is InChI=1S/C9H12F3N3O/c1-15-6(7-5-13-2-3-16-7)4-8(14-15)9(10,11)12/h4,7,13H,2-3,5H2,1H3. The van der Waals surface area contributed by atoms with Gasteiger partial charge in [-0.1, -0.05) is 0 Å². The van der Waals surface area contributed by atoms with Crippen molar-refractivity contribution in [3.05, 3.63) is 17.5 Å². The number of hydrogen-bond acceptors (Lipinski definition) is 3. The third-order valence-electron chi connectivity index (χ3n) is 2.46. The van der Waals surface area contributed by atoms with Gasteiger partial charge in [0.2, 0.25) is 0 Å². The van der Waals surface area contributed by atoms with Crippen LogP contribution in [0.15, 0.2) is 6.07 Å². The number of ether oxygens (including phenoxy) is 1. The van der Waals surface area contributed by atoms with E-state index in [1.807, 2.05) is 0 Å². The van der Waals surface area contributed by atoms with Crippen molar-refractivity contribution in [3.8, 4) is 0 Å². The molecule has 1 aromatic rings. The predicted molar refractivity (Wildman–Crippen MR) is 49.8 cm³/mol. The molecule has 1 aliphatic heterocycles. The Bertz CT molecular complexity index is 369. The molecule has 4 nitrogen and oxygen atoms in total. The minimum absolute atomic E-state index is 0.359. The molecule has 7 heteroatoms. The number of morpholine rings is 1. The van der Waals surface area contributed by atoms with Crippen molar-refractivity contribution < 1.29 is 17.9 Å². The average Bonchev–Trinajstić information content (AvgIpc) is 2.61. The van der Waals surface area contributed by atoms with Gasteiger partial charge in [0.05, 0.1) is 12.3 Å². The number of alkyl halides is 3. The summed E-state index contributed by atoms with van der Waals surface area (Å²) in [4.78, 5) is 0. The predicted octanol–water partition coefficient (Wildman–Crippen LogP) is 1.10. The van der Waals surface area contributed by atoms with Gasteiger partial charge in [-0.2, -0.15) is 18.3 Å². The van der Waals surface area contributed by atoms with Gasteiger partial charge in [0.1, 0.15) is 6.10 Å². The van der Waals surface area contributed by atoms with E-state index in [1.165, 1.54) is 11.7 Å². The highest BCUT2D eigenvalue weighted by molar-refractivity contribution is 5.16. The lowest BCUT2D eigenvalue weighted by Gasteiger charge is -2.23. The van der Waals surface area contributed by atoms with Gasteiger partial charge < -0.3 is 10.1 Å². The Morgan fingerprint density at radius 2 is 2.31 bits per heavy atom. The summed E-state index contributed by atoms with van der Waals surface area (Å²) in [5.74, 6) is 0. The maximum Gasteiger partial charge on any atom is 0.435 e. The molecule has 90 valence electrons. The lowest BCUT2D eigenvalue weighted by molar-refractivity contribution is -0.141. The van der Waals surface area contributed by atoms with E-state index in [9.17, 15) is 13.2 Å². The van der Waals surface area contributed by atoms with Gasteiger partial charge in [-0.3, -0.25) is 4.68 Å². The number of aromatic nitrogens is 2. The number of halogens is 3. The Morgan fingerprint density at radius 1 is 1.56 bits per heavy atom. The van der Waals surface area contributed by atoms with Crippen LogP contribution in [0.3, 0.4) is 0 Å². The zero-order valence-electron chi connectivity index (χ0n) is 8.71. The van der Waals surface area contributed by atoms with Gasteiger partial charge in [-0.25, -0.2) is 0 Å². The Kier molecular flexibility index (Phi) is 2.90. The van der Waals surface area contributed by atoms with Crippen molar-refractivity contribution >= 4 is 0 Å². The molecule has 1 aromatic heterocycles. The molecule has 1 fully saturated rings. The van der Waals surface area contributed by atoms with Crippen molar-refractivity contribution in [2.45, 2.75) is 12.3 Å². The topological polar surface area (TPSA) is 39.1 Å². The number of rotatable bonds is 1. The van der Waals surface area contributed by atoms with E-state index in [0.717, 1.165) is 12.6 Å². The van der Waals surface area contributed by atoms with Crippen LogP contribution >= 0.6 is 0 Å². The van der Waals surface area contributed by atoms with Crippen molar-refractivity contribution in [2.75, 3.05) is 19.7 Å². The third kappa shape index (κ3) is 2.19. The largest absolute Gasteiger partial charge is 0.435 e. The van der Waals surface area contributed by atoms with Crippen LogP contribution in [0.25, 0.3) is 0 Å². The van der Waals surface area contributed by atoms with Gasteiger partial charge in [-0.15, -0.1) is 0 Å². The lowest BCUT2D eigenvalue weighted by atomic mass is 10.2. The van der Waals surface area contributed by atoms with Gasteiger partial charge in [0.25, 0.3) is 0 Å². The molecule has 1 saturated heterocycles. The highest BCUT2D eigenvalue weighted by atomic mass is 19.4. The Hall–Kier alpha value is -1.08. The minimum atomic E-state index is -4.40. The summed E-state index contributed by atoms with van der Waals surface area (Å²) in [6.07, 6.45) is -4.76. The molecule has 2 heterocycles. The van der Waals surface area contributed by atoms with Gasteiger partial charge >= 0.3 is 6.18 Å². The fraction of sp³-hybridized carbons (Fsp3) is 0.667. The van der Waals surface area contributed by atoms with Gasteiger partial charge in [0, 0.05) is 20.1 Å². The van der Waals surface area contributed by atoms with Crippen LogP contribution in [0.4, 0.5) is 13.2 Å². The normalized spacial score (nSPS) is 22.4. The van der Waals surface area contributed by atoms with Crippen LogP contribution in [0.5, 0.6) is 0 Å². The van der Waals surface area contributed by atoms with Crippen molar-refractivity contribution in [3.63, 3.8) is 0 Å². The quantitative estimate of drug-likeness (QED) is 0.792. The number of aryl methyl sites for hydroxylation is 1. The minimum Gasteiger partial charge on any atom is -0.369 e. The van der Waals surface area contributed by atoms with E-state index >= 15 is 0 Å². The first-order valence-electron chi connectivity index (χ1n) is 4.92. The molecule has 1 N–H and O–H groups in total. The first-order chi connectivity index (χ1) is 7.48. The van der Waals surface area contributed by atoms with E-state index in [4.69, 9.17) is 4.74 Å². The summed E-state index contributed by atoms with van der Waals surface area (Å²) in [7, 11) is 1.49. The molecule has 1 aliphatic rings. The molecule has 0 bridgehead atoms. The monoisotopic (exact) mass is 235 g/mol. The van der Waals surface area contributed by atoms with Crippen LogP contribution in [0.2, 0.25) is 0 Å². The van der Waals surface area contributed by atoms with Crippen LogP contribution in [-0.4, -0.2) is 29.5 Å². The SMILES string of the molecule is Cn1nc(C(F)(F)F)cc1C1CNCCO1. The highest BCUT2D eigenvalue weighted by Gasteiger charge is 2.35. The number of nitrogens with zero attached hydrogens (tertiary/aromatic N) is 2. The molecule has 1 unspecified atom stereocenters. The first-order valence-corrected chi connectivity index (χ1v) is 4.92. The molecule has 0 spiro atoms. The molecular formula is C9H12F3N3O. The van der Waals surface area contributed by atoms with Crippen molar-refractivity contribution in [1.82, 2.24) is 15.1 Å². The third-order valence-corrected chi connectivity index (χ3v) is 2.46. The van der Waals surface area contributed by atoms with Crippen molar-refractivity contribution in [2.24, 2.45) is 7.05 Å². The molecule has 0 saturated carbocycles. The van der Waals surface area contributed by atoms with E-state index in [-0.39, 0.29) is 6.10 Å². The molecule has 1 atom stereocenters. The highest BCUT2D eigenvalue weighted by Crippen LogP contribution is 2.30. The Labute approximate surface area is 90.4 Å². The second kappa shape index (κ2) is 4.06. The summed E-state index contributed by atoms with van der Waals surface area (Å²) < 4.78 is 43.9. The maximum atomic E-state index is 12.4. The van der Waals surface area contributed by atoms with Gasteiger partial charge in [-0.05, 0) is 6.07 Å². The number of nitrogens with one attached hydrogen (secondary N) is 1. The second-order valence-electron chi connectivity index (χ2n) is 3.64. The van der Waals surface area contributed by atoms with Crippen LogP contribution in [0.1, 0.15) is 17.5 Å². The fourth-order valence-corrected chi connectivity index (χ4v) is 1.68. The molecule has 0 amide bonds.